The Morgan fingerprint density at radius 3 is 2.62 bits per heavy atom. The third kappa shape index (κ3) is 5.57. The van der Waals surface area contributed by atoms with Crippen molar-refractivity contribution in [2.75, 3.05) is 20.1 Å². The summed E-state index contributed by atoms with van der Waals surface area (Å²) in [5.74, 6) is 0.0629. The lowest BCUT2D eigenvalue weighted by molar-refractivity contribution is -0.120. The number of halogens is 1. The molecule has 0 spiro atoms. The molecular formula is C15H21ClN4O. The molecule has 0 saturated heterocycles. The molecule has 2 aromatic rings. The van der Waals surface area contributed by atoms with Gasteiger partial charge in [-0.3, -0.25) is 4.79 Å². The molecule has 21 heavy (non-hydrogen) atoms. The Balaban J connectivity index is 0.00000220. The average molecular weight is 309 g/mol. The van der Waals surface area contributed by atoms with Gasteiger partial charge in [-0.15, -0.1) is 12.4 Å². The van der Waals surface area contributed by atoms with Crippen LogP contribution >= 0.6 is 12.4 Å². The van der Waals surface area contributed by atoms with Crippen molar-refractivity contribution in [2.45, 2.75) is 12.8 Å². The van der Waals surface area contributed by atoms with Crippen molar-refractivity contribution in [1.29, 1.82) is 0 Å². The lowest BCUT2D eigenvalue weighted by Gasteiger charge is -2.06. The highest BCUT2D eigenvalue weighted by molar-refractivity contribution is 5.85. The van der Waals surface area contributed by atoms with E-state index < -0.39 is 0 Å². The van der Waals surface area contributed by atoms with Crippen LogP contribution in [0.3, 0.4) is 0 Å². The maximum atomic E-state index is 11.7. The fourth-order valence-corrected chi connectivity index (χ4v) is 1.93. The van der Waals surface area contributed by atoms with Crippen molar-refractivity contribution in [3.8, 4) is 5.69 Å². The first-order valence-electron chi connectivity index (χ1n) is 6.80. The summed E-state index contributed by atoms with van der Waals surface area (Å²) in [7, 11) is 1.91. The van der Waals surface area contributed by atoms with Gasteiger partial charge in [-0.1, -0.05) is 12.1 Å². The Hall–Kier alpha value is -1.85. The molecule has 2 N–H and O–H groups in total. The van der Waals surface area contributed by atoms with Gasteiger partial charge in [0.25, 0.3) is 0 Å². The van der Waals surface area contributed by atoms with E-state index in [0.29, 0.717) is 13.0 Å². The van der Waals surface area contributed by atoms with E-state index in [2.05, 4.69) is 15.7 Å². The van der Waals surface area contributed by atoms with Crippen LogP contribution in [-0.2, 0) is 11.2 Å². The zero-order valence-electron chi connectivity index (χ0n) is 12.1. The fraction of sp³-hybridized carbons (Fsp3) is 0.333. The average Bonchev–Trinajstić information content (AvgIpc) is 2.99. The van der Waals surface area contributed by atoms with Crippen molar-refractivity contribution in [3.63, 3.8) is 0 Å². The molecule has 1 aromatic heterocycles. The van der Waals surface area contributed by atoms with E-state index >= 15 is 0 Å². The maximum Gasteiger partial charge on any atom is 0.224 e. The Bertz CT molecular complexity index is 525. The predicted octanol–water partition coefficient (Wildman–Crippen LogP) is 1.56. The number of carbonyl (C=O) groups is 1. The number of hydrogen-bond acceptors (Lipinski definition) is 3. The zero-order valence-corrected chi connectivity index (χ0v) is 12.9. The van der Waals surface area contributed by atoms with Crippen LogP contribution in [0.5, 0.6) is 0 Å². The topological polar surface area (TPSA) is 58.9 Å². The molecule has 2 rings (SSSR count). The molecule has 1 amide bonds. The molecule has 114 valence electrons. The quantitative estimate of drug-likeness (QED) is 0.763. The van der Waals surface area contributed by atoms with E-state index in [1.54, 1.807) is 10.9 Å². The van der Waals surface area contributed by atoms with Crippen molar-refractivity contribution < 1.29 is 4.79 Å². The highest BCUT2D eigenvalue weighted by atomic mass is 35.5. The number of benzene rings is 1. The van der Waals surface area contributed by atoms with Crippen LogP contribution in [0.2, 0.25) is 0 Å². The van der Waals surface area contributed by atoms with Crippen LogP contribution in [0, 0.1) is 0 Å². The highest BCUT2D eigenvalue weighted by Crippen LogP contribution is 2.09. The predicted molar refractivity (Wildman–Crippen MR) is 86.1 cm³/mol. The van der Waals surface area contributed by atoms with Gasteiger partial charge in [0.2, 0.25) is 5.91 Å². The summed E-state index contributed by atoms with van der Waals surface area (Å²) in [4.78, 5) is 11.7. The maximum absolute atomic E-state index is 11.7. The highest BCUT2D eigenvalue weighted by Gasteiger charge is 2.03. The SMILES string of the molecule is CNCCCNC(=O)Cc1ccc(-n2cccn2)cc1.Cl. The molecule has 6 heteroatoms. The van der Waals surface area contributed by atoms with E-state index in [4.69, 9.17) is 0 Å². The Kier molecular flexibility index (Phi) is 7.50. The molecule has 0 aliphatic rings. The van der Waals surface area contributed by atoms with E-state index in [1.165, 1.54) is 0 Å². The number of rotatable bonds is 7. The molecule has 0 bridgehead atoms. The second-order valence-electron chi connectivity index (χ2n) is 4.60. The molecule has 0 fully saturated rings. The third-order valence-electron chi connectivity index (χ3n) is 3.00. The van der Waals surface area contributed by atoms with Gasteiger partial charge in [-0.05, 0) is 43.8 Å². The zero-order chi connectivity index (χ0) is 14.2. The molecule has 0 aliphatic carbocycles. The second-order valence-corrected chi connectivity index (χ2v) is 4.60. The van der Waals surface area contributed by atoms with Crippen LogP contribution in [0.15, 0.2) is 42.7 Å². The molecule has 0 unspecified atom stereocenters. The summed E-state index contributed by atoms with van der Waals surface area (Å²) >= 11 is 0. The minimum Gasteiger partial charge on any atom is -0.356 e. The van der Waals surface area contributed by atoms with Gasteiger partial charge in [-0.2, -0.15) is 5.10 Å². The number of aromatic nitrogens is 2. The summed E-state index contributed by atoms with van der Waals surface area (Å²) in [6, 6.07) is 9.74. The van der Waals surface area contributed by atoms with Crippen LogP contribution in [0.1, 0.15) is 12.0 Å². The first-order chi connectivity index (χ1) is 9.79. The summed E-state index contributed by atoms with van der Waals surface area (Å²) in [6.45, 7) is 1.63. The van der Waals surface area contributed by atoms with Crippen LogP contribution < -0.4 is 10.6 Å². The molecule has 1 heterocycles. The second kappa shape index (κ2) is 9.15. The van der Waals surface area contributed by atoms with E-state index in [-0.39, 0.29) is 18.3 Å². The molecule has 0 radical (unpaired) electrons. The molecule has 0 aliphatic heterocycles. The Morgan fingerprint density at radius 2 is 2.00 bits per heavy atom. The van der Waals surface area contributed by atoms with Crippen LogP contribution in [0.25, 0.3) is 5.69 Å². The van der Waals surface area contributed by atoms with Crippen molar-refractivity contribution in [3.05, 3.63) is 48.3 Å². The first kappa shape index (κ1) is 17.2. The molecule has 5 nitrogen and oxygen atoms in total. The van der Waals surface area contributed by atoms with Gasteiger partial charge in [0, 0.05) is 18.9 Å². The van der Waals surface area contributed by atoms with E-state index in [1.807, 2.05) is 43.6 Å². The first-order valence-corrected chi connectivity index (χ1v) is 6.80. The largest absolute Gasteiger partial charge is 0.356 e. The van der Waals surface area contributed by atoms with Gasteiger partial charge in [0.15, 0.2) is 0 Å². The molecule has 0 saturated carbocycles. The number of nitrogens with zero attached hydrogens (tertiary/aromatic N) is 2. The van der Waals surface area contributed by atoms with Gasteiger partial charge in [-0.25, -0.2) is 4.68 Å². The van der Waals surface area contributed by atoms with E-state index in [9.17, 15) is 4.79 Å². The lowest BCUT2D eigenvalue weighted by atomic mass is 10.1. The van der Waals surface area contributed by atoms with Crippen LogP contribution in [0.4, 0.5) is 0 Å². The Labute approximate surface area is 131 Å². The van der Waals surface area contributed by atoms with Gasteiger partial charge in [0.05, 0.1) is 12.1 Å². The van der Waals surface area contributed by atoms with E-state index in [0.717, 1.165) is 24.2 Å². The van der Waals surface area contributed by atoms with Gasteiger partial charge in [0.1, 0.15) is 0 Å². The minimum atomic E-state index is 0. The smallest absolute Gasteiger partial charge is 0.224 e. The van der Waals surface area contributed by atoms with Crippen molar-refractivity contribution in [2.24, 2.45) is 0 Å². The van der Waals surface area contributed by atoms with Gasteiger partial charge >= 0.3 is 0 Å². The summed E-state index contributed by atoms with van der Waals surface area (Å²) < 4.78 is 1.79. The standard InChI is InChI=1S/C15H20N4O.ClH/c1-16-8-2-9-17-15(20)12-13-4-6-14(7-5-13)19-11-3-10-18-19;/h3-7,10-11,16H,2,8-9,12H2,1H3,(H,17,20);1H. The minimum absolute atomic E-state index is 0. The summed E-state index contributed by atoms with van der Waals surface area (Å²) in [5.41, 5.74) is 2.00. The van der Waals surface area contributed by atoms with Crippen molar-refractivity contribution >= 4 is 18.3 Å². The van der Waals surface area contributed by atoms with Crippen LogP contribution in [-0.4, -0.2) is 35.8 Å². The number of hydrogen-bond donors (Lipinski definition) is 2. The Morgan fingerprint density at radius 1 is 1.24 bits per heavy atom. The number of nitrogens with one attached hydrogen (secondary N) is 2. The third-order valence-corrected chi connectivity index (χ3v) is 3.00. The van der Waals surface area contributed by atoms with Crippen molar-refractivity contribution in [1.82, 2.24) is 20.4 Å². The number of amides is 1. The van der Waals surface area contributed by atoms with Gasteiger partial charge < -0.3 is 10.6 Å². The summed E-state index contributed by atoms with van der Waals surface area (Å²) in [5, 5.41) is 10.1. The fourth-order valence-electron chi connectivity index (χ4n) is 1.93. The normalized spacial score (nSPS) is 9.95. The molecular weight excluding hydrogens is 288 g/mol. The molecule has 0 atom stereocenters. The summed E-state index contributed by atoms with van der Waals surface area (Å²) in [6.07, 6.45) is 5.00. The number of carbonyl (C=O) groups excluding carboxylic acids is 1. The lowest BCUT2D eigenvalue weighted by Crippen LogP contribution is -2.27. The molecule has 1 aromatic carbocycles. The monoisotopic (exact) mass is 308 g/mol.